The van der Waals surface area contributed by atoms with E-state index < -0.39 is 5.41 Å². The SMILES string of the molecule is c1ccc(-c2ccccc2N(c2ccc3c(c2)-c2ccccc2-c2ccccc2C32c3ccccc3-c3cc4sc5ccccc5c4cc32)c2cccc3oc4ccccc4c23)cc1. The van der Waals surface area contributed by atoms with Gasteiger partial charge in [0.15, 0.2) is 0 Å². The number of furan rings is 1. The first-order chi connectivity index (χ1) is 31.8. The van der Waals surface area contributed by atoms with Crippen molar-refractivity contribution in [1.29, 1.82) is 0 Å². The van der Waals surface area contributed by atoms with Gasteiger partial charge in [-0.15, -0.1) is 11.3 Å². The van der Waals surface area contributed by atoms with Gasteiger partial charge in [0, 0.05) is 36.8 Å². The van der Waals surface area contributed by atoms with Gasteiger partial charge in [0.1, 0.15) is 11.2 Å². The standard InChI is InChI=1S/C61H37NOS/c1-2-17-38(18-3-1)40-19-8-13-28-54(40)62(55-29-16-31-57-60(55)46-25-9-14-30-56(46)63-57)39-33-34-52-47(35-39)42-21-5-4-20-41(42)43-22-6-11-26-50(43)61(52)51-27-12-7-23-44(51)48-37-59-49(36-53(48)61)45-24-10-15-32-58(45)64-59/h1-37H. The van der Waals surface area contributed by atoms with Gasteiger partial charge in [-0.25, -0.2) is 0 Å². The largest absolute Gasteiger partial charge is 0.456 e. The van der Waals surface area contributed by atoms with Crippen molar-refractivity contribution >= 4 is 70.5 Å². The molecule has 1 unspecified atom stereocenters. The molecule has 2 aliphatic rings. The third kappa shape index (κ3) is 4.85. The Morgan fingerprint density at radius 2 is 0.922 bits per heavy atom. The molecule has 0 radical (unpaired) electrons. The third-order valence-electron chi connectivity index (χ3n) is 13.9. The minimum Gasteiger partial charge on any atom is -0.456 e. The van der Waals surface area contributed by atoms with Crippen molar-refractivity contribution in [3.8, 4) is 44.5 Å². The van der Waals surface area contributed by atoms with Gasteiger partial charge in [0.2, 0.25) is 0 Å². The average Bonchev–Trinajstić information content (AvgIpc) is 4.00. The summed E-state index contributed by atoms with van der Waals surface area (Å²) in [6.07, 6.45) is 0. The van der Waals surface area contributed by atoms with E-state index in [0.29, 0.717) is 0 Å². The highest BCUT2D eigenvalue weighted by molar-refractivity contribution is 7.25. The molecule has 0 bridgehead atoms. The topological polar surface area (TPSA) is 16.4 Å². The summed E-state index contributed by atoms with van der Waals surface area (Å²) in [6, 6.07) is 83.1. The minimum atomic E-state index is -0.611. The highest BCUT2D eigenvalue weighted by atomic mass is 32.1. The van der Waals surface area contributed by atoms with Gasteiger partial charge in [-0.2, -0.15) is 0 Å². The van der Waals surface area contributed by atoms with E-state index in [9.17, 15) is 0 Å². The summed E-state index contributed by atoms with van der Waals surface area (Å²) in [6.45, 7) is 0. The third-order valence-corrected chi connectivity index (χ3v) is 15.0. The van der Waals surface area contributed by atoms with Gasteiger partial charge < -0.3 is 9.32 Å². The Morgan fingerprint density at radius 1 is 0.344 bits per heavy atom. The second-order valence-electron chi connectivity index (χ2n) is 17.1. The number of hydrogen-bond donors (Lipinski definition) is 0. The van der Waals surface area contributed by atoms with Gasteiger partial charge in [-0.1, -0.05) is 170 Å². The molecule has 1 spiro atoms. The molecule has 1 atom stereocenters. The first-order valence-electron chi connectivity index (χ1n) is 22.0. The molecule has 3 heteroatoms. The molecule has 0 amide bonds. The first kappa shape index (κ1) is 35.6. The van der Waals surface area contributed by atoms with Gasteiger partial charge in [0.25, 0.3) is 0 Å². The zero-order valence-electron chi connectivity index (χ0n) is 34.6. The molecule has 0 N–H and O–H groups in total. The smallest absolute Gasteiger partial charge is 0.137 e. The van der Waals surface area contributed by atoms with Gasteiger partial charge in [-0.3, -0.25) is 0 Å². The summed E-state index contributed by atoms with van der Waals surface area (Å²) in [7, 11) is 0. The van der Waals surface area contributed by atoms with Crippen molar-refractivity contribution < 1.29 is 4.42 Å². The van der Waals surface area contributed by atoms with Crippen molar-refractivity contribution in [2.45, 2.75) is 5.41 Å². The highest BCUT2D eigenvalue weighted by Crippen LogP contribution is 2.63. The average molecular weight is 832 g/mol. The van der Waals surface area contributed by atoms with Crippen molar-refractivity contribution in [3.05, 3.63) is 247 Å². The normalized spacial score (nSPS) is 14.6. The van der Waals surface area contributed by atoms with Crippen LogP contribution in [0, 0.1) is 0 Å². The fourth-order valence-electron chi connectivity index (χ4n) is 11.3. The van der Waals surface area contributed by atoms with Crippen LogP contribution in [0.15, 0.2) is 229 Å². The molecule has 0 fully saturated rings. The Labute approximate surface area is 374 Å². The molecule has 12 aromatic rings. The second kappa shape index (κ2) is 13.5. The molecule has 2 aliphatic carbocycles. The van der Waals surface area contributed by atoms with Gasteiger partial charge in [-0.05, 0) is 116 Å². The van der Waals surface area contributed by atoms with Crippen molar-refractivity contribution in [2.24, 2.45) is 0 Å². The van der Waals surface area contributed by atoms with E-state index in [2.05, 4.69) is 229 Å². The molecule has 0 aliphatic heterocycles. The summed E-state index contributed by atoms with van der Waals surface area (Å²) in [5.74, 6) is 0. The van der Waals surface area contributed by atoms with Crippen LogP contribution < -0.4 is 4.90 Å². The predicted molar refractivity (Wildman–Crippen MR) is 268 cm³/mol. The van der Waals surface area contributed by atoms with E-state index in [1.165, 1.54) is 75.8 Å². The zero-order chi connectivity index (χ0) is 41.9. The van der Waals surface area contributed by atoms with Crippen LogP contribution >= 0.6 is 11.3 Å². The van der Waals surface area contributed by atoms with Crippen LogP contribution in [0.1, 0.15) is 22.3 Å². The maximum atomic E-state index is 6.57. The summed E-state index contributed by atoms with van der Waals surface area (Å²) in [4.78, 5) is 2.47. The van der Waals surface area contributed by atoms with Crippen molar-refractivity contribution in [3.63, 3.8) is 0 Å². The van der Waals surface area contributed by atoms with Crippen LogP contribution in [-0.2, 0) is 5.41 Å². The van der Waals surface area contributed by atoms with Gasteiger partial charge in [0.05, 0.1) is 22.2 Å². The van der Waals surface area contributed by atoms with Crippen LogP contribution in [0.4, 0.5) is 17.1 Å². The highest BCUT2D eigenvalue weighted by Gasteiger charge is 2.50. The van der Waals surface area contributed by atoms with Crippen LogP contribution in [0.5, 0.6) is 0 Å². The van der Waals surface area contributed by atoms with E-state index in [4.69, 9.17) is 4.42 Å². The Bertz CT molecular complexity index is 3870. The van der Waals surface area contributed by atoms with Crippen LogP contribution in [0.2, 0.25) is 0 Å². The Hall–Kier alpha value is -7.98. The number of thiophene rings is 1. The number of fused-ring (bicyclic) bond motifs is 18. The Morgan fingerprint density at radius 3 is 1.73 bits per heavy atom. The number of hydrogen-bond acceptors (Lipinski definition) is 3. The number of para-hydroxylation sites is 2. The second-order valence-corrected chi connectivity index (χ2v) is 18.2. The minimum absolute atomic E-state index is 0.611. The lowest BCUT2D eigenvalue weighted by atomic mass is 9.65. The monoisotopic (exact) mass is 831 g/mol. The van der Waals surface area contributed by atoms with Gasteiger partial charge >= 0.3 is 0 Å². The molecule has 0 saturated heterocycles. The van der Waals surface area contributed by atoms with Crippen LogP contribution in [0.3, 0.4) is 0 Å². The molecule has 10 aromatic carbocycles. The number of benzene rings is 10. The summed E-state index contributed by atoms with van der Waals surface area (Å²) in [5, 5.41) is 4.81. The molecular weight excluding hydrogens is 795 g/mol. The van der Waals surface area contributed by atoms with E-state index in [0.717, 1.165) is 50.1 Å². The molecule has 0 saturated carbocycles. The molecular formula is C61H37NOS. The molecule has 298 valence electrons. The van der Waals surface area contributed by atoms with Crippen LogP contribution in [0.25, 0.3) is 86.6 Å². The van der Waals surface area contributed by atoms with E-state index in [1.807, 2.05) is 11.3 Å². The Kier molecular flexibility index (Phi) is 7.51. The first-order valence-corrected chi connectivity index (χ1v) is 22.8. The van der Waals surface area contributed by atoms with E-state index in [1.54, 1.807) is 0 Å². The van der Waals surface area contributed by atoms with Crippen LogP contribution in [-0.4, -0.2) is 0 Å². The number of nitrogens with zero attached hydrogens (tertiary/aromatic N) is 1. The molecule has 2 heterocycles. The Balaban J connectivity index is 1.12. The zero-order valence-corrected chi connectivity index (χ0v) is 35.4. The summed E-state index contributed by atoms with van der Waals surface area (Å²) < 4.78 is 9.21. The number of rotatable bonds is 4. The summed E-state index contributed by atoms with van der Waals surface area (Å²) >= 11 is 1.89. The van der Waals surface area contributed by atoms with Crippen molar-refractivity contribution in [1.82, 2.24) is 0 Å². The molecule has 64 heavy (non-hydrogen) atoms. The molecule has 14 rings (SSSR count). The lowest BCUT2D eigenvalue weighted by molar-refractivity contribution is 0.669. The maximum absolute atomic E-state index is 6.57. The summed E-state index contributed by atoms with van der Waals surface area (Å²) in [5.41, 5.74) is 19.4. The van der Waals surface area contributed by atoms with Crippen molar-refractivity contribution in [2.75, 3.05) is 4.90 Å². The van der Waals surface area contributed by atoms with E-state index in [-0.39, 0.29) is 0 Å². The fourth-order valence-corrected chi connectivity index (χ4v) is 12.4. The predicted octanol–water partition coefficient (Wildman–Crippen LogP) is 17.1. The lowest BCUT2D eigenvalue weighted by Crippen LogP contribution is -2.29. The fraction of sp³-hybridized carbons (Fsp3) is 0.0164. The maximum Gasteiger partial charge on any atom is 0.137 e. The quantitative estimate of drug-likeness (QED) is 0.176. The molecule has 2 nitrogen and oxygen atoms in total. The van der Waals surface area contributed by atoms with E-state index >= 15 is 0 Å². The molecule has 2 aromatic heterocycles. The lowest BCUT2D eigenvalue weighted by Gasteiger charge is -2.36. The number of anilines is 3.